The number of carbonyl (C=O) groups is 3. The van der Waals surface area contributed by atoms with E-state index in [1.54, 1.807) is 33.8 Å². The first-order chi connectivity index (χ1) is 19.1. The summed E-state index contributed by atoms with van der Waals surface area (Å²) in [6.45, 7) is 7.45. The molecule has 1 atom stereocenters. The van der Waals surface area contributed by atoms with Crippen LogP contribution in [-0.4, -0.2) is 71.8 Å². The Bertz CT molecular complexity index is 1370. The molecule has 2 aliphatic heterocycles. The van der Waals surface area contributed by atoms with Crippen molar-refractivity contribution in [2.75, 3.05) is 13.1 Å². The van der Waals surface area contributed by atoms with Crippen LogP contribution in [0.25, 0.3) is 0 Å². The smallest absolute Gasteiger partial charge is 0.410 e. The van der Waals surface area contributed by atoms with Crippen molar-refractivity contribution in [2.24, 2.45) is 5.92 Å². The third-order valence-electron chi connectivity index (χ3n) is 7.71. The monoisotopic (exact) mass is 546 g/mol. The number of amides is 2. The Hall–Kier alpha value is -4.28. The minimum atomic E-state index is -0.995. The van der Waals surface area contributed by atoms with Crippen LogP contribution in [0.5, 0.6) is 0 Å². The van der Waals surface area contributed by atoms with E-state index in [9.17, 15) is 19.5 Å². The van der Waals surface area contributed by atoms with E-state index in [4.69, 9.17) is 4.74 Å². The highest BCUT2D eigenvalue weighted by Crippen LogP contribution is 2.47. The van der Waals surface area contributed by atoms with Gasteiger partial charge in [-0.3, -0.25) is 4.79 Å². The number of rotatable bonds is 6. The number of nitrogens with zero attached hydrogens (tertiary/aromatic N) is 6. The molecule has 0 unspecified atom stereocenters. The summed E-state index contributed by atoms with van der Waals surface area (Å²) in [7, 11) is 0. The quantitative estimate of drug-likeness (QED) is 0.497. The van der Waals surface area contributed by atoms with Crippen LogP contribution in [0.1, 0.15) is 60.9 Å². The van der Waals surface area contributed by atoms with Crippen molar-refractivity contribution in [1.82, 2.24) is 30.0 Å². The first-order valence-electron chi connectivity index (χ1n) is 13.5. The molecule has 3 heterocycles. The second kappa shape index (κ2) is 10.7. The molecule has 5 rings (SSSR count). The van der Waals surface area contributed by atoms with E-state index < -0.39 is 22.9 Å². The summed E-state index contributed by atoms with van der Waals surface area (Å²) in [5.41, 5.74) is 0.811. The van der Waals surface area contributed by atoms with E-state index in [-0.39, 0.29) is 17.6 Å². The molecule has 210 valence electrons. The van der Waals surface area contributed by atoms with Crippen LogP contribution in [0, 0.1) is 5.92 Å². The average molecular weight is 547 g/mol. The van der Waals surface area contributed by atoms with E-state index in [1.165, 1.54) is 0 Å². The molecule has 1 N–H and O–H groups in total. The molecule has 2 aliphatic rings. The zero-order valence-corrected chi connectivity index (χ0v) is 23.0. The Morgan fingerprint density at radius 1 is 1.00 bits per heavy atom. The zero-order chi connectivity index (χ0) is 28.5. The topological polar surface area (TPSA) is 131 Å². The number of hydrogen-bond donors (Lipinski definition) is 1. The number of benzene rings is 2. The minimum Gasteiger partial charge on any atom is -0.478 e. The van der Waals surface area contributed by atoms with Crippen LogP contribution in [0.4, 0.5) is 4.79 Å². The molecule has 1 aromatic heterocycles. The molecule has 40 heavy (non-hydrogen) atoms. The summed E-state index contributed by atoms with van der Waals surface area (Å²) in [5, 5.41) is 21.6. The first-order valence-corrected chi connectivity index (χ1v) is 13.5. The van der Waals surface area contributed by atoms with Gasteiger partial charge in [0.05, 0.1) is 18.0 Å². The van der Waals surface area contributed by atoms with Crippen LogP contribution in [0.2, 0.25) is 0 Å². The molecule has 11 nitrogen and oxygen atoms in total. The normalized spacial score (nSPS) is 17.9. The molecule has 2 aromatic carbocycles. The summed E-state index contributed by atoms with van der Waals surface area (Å²) in [6.07, 6.45) is 0.712. The maximum Gasteiger partial charge on any atom is 0.410 e. The van der Waals surface area contributed by atoms with Gasteiger partial charge in [-0.05, 0) is 67.3 Å². The predicted octanol–water partition coefficient (Wildman–Crippen LogP) is 3.50. The number of piperidine rings is 1. The number of likely N-dealkylation sites (tertiary alicyclic amines) is 1. The van der Waals surface area contributed by atoms with Crippen molar-refractivity contribution in [2.45, 2.75) is 64.3 Å². The van der Waals surface area contributed by atoms with Gasteiger partial charge >= 0.3 is 12.1 Å². The molecule has 0 bridgehead atoms. The number of hydrogen-bond acceptors (Lipinski definition) is 7. The third-order valence-corrected chi connectivity index (χ3v) is 7.71. The van der Waals surface area contributed by atoms with Gasteiger partial charge in [-0.15, -0.1) is 5.10 Å². The number of ether oxygens (including phenoxy) is 1. The van der Waals surface area contributed by atoms with Crippen LogP contribution >= 0.6 is 0 Å². The molecule has 1 fully saturated rings. The summed E-state index contributed by atoms with van der Waals surface area (Å²) in [4.78, 5) is 42.0. The Labute approximate surface area is 232 Å². The van der Waals surface area contributed by atoms with Crippen LogP contribution < -0.4 is 0 Å². The first kappa shape index (κ1) is 27.3. The SMILES string of the molecule is CC(C)(C)OC(=O)N1CCC2(CC1)c1nnnn1C[C@@H]2C(=O)N(Cc1ccccc1)Cc1ccc(C(=O)O)cc1. The standard InChI is InChI=1S/C29H34N6O5/c1-28(2,3)40-27(39)33-15-13-29(14-16-33)23(19-35-26(29)30-31-32-35)24(36)34(17-20-7-5-4-6-8-20)18-21-9-11-22(12-10-21)25(37)38/h4-12,23H,13-19H2,1-3H3,(H,37,38)/t23-/m1/s1. The van der Waals surface area contributed by atoms with E-state index in [1.807, 2.05) is 56.0 Å². The fourth-order valence-corrected chi connectivity index (χ4v) is 5.70. The fourth-order valence-electron chi connectivity index (χ4n) is 5.70. The lowest BCUT2D eigenvalue weighted by Crippen LogP contribution is -2.52. The molecular weight excluding hydrogens is 512 g/mol. The Morgan fingerprint density at radius 2 is 1.62 bits per heavy atom. The van der Waals surface area contributed by atoms with Crippen molar-refractivity contribution in [3.05, 3.63) is 77.1 Å². The molecule has 0 radical (unpaired) electrons. The fraction of sp³-hybridized carbons (Fsp3) is 0.448. The maximum atomic E-state index is 14.4. The van der Waals surface area contributed by atoms with Gasteiger partial charge in [0.2, 0.25) is 5.91 Å². The number of aromatic carboxylic acids is 1. The molecule has 2 amide bonds. The van der Waals surface area contributed by atoms with Gasteiger partial charge in [0.1, 0.15) is 5.60 Å². The van der Waals surface area contributed by atoms with E-state index in [0.29, 0.717) is 51.4 Å². The molecule has 11 heteroatoms. The lowest BCUT2D eigenvalue weighted by Gasteiger charge is -2.42. The summed E-state index contributed by atoms with van der Waals surface area (Å²) < 4.78 is 7.30. The molecule has 1 spiro atoms. The second-order valence-corrected chi connectivity index (χ2v) is 11.5. The van der Waals surface area contributed by atoms with Crippen molar-refractivity contribution < 1.29 is 24.2 Å². The minimum absolute atomic E-state index is 0.0378. The largest absolute Gasteiger partial charge is 0.478 e. The van der Waals surface area contributed by atoms with Gasteiger partial charge in [-0.1, -0.05) is 42.5 Å². The zero-order valence-electron chi connectivity index (χ0n) is 23.0. The molecule has 0 aliphatic carbocycles. The average Bonchev–Trinajstić information content (AvgIpc) is 3.50. The van der Waals surface area contributed by atoms with Gasteiger partial charge in [-0.25, -0.2) is 14.3 Å². The van der Waals surface area contributed by atoms with Crippen molar-refractivity contribution in [3.8, 4) is 0 Å². The summed E-state index contributed by atoms with van der Waals surface area (Å²) in [5.74, 6) is -0.789. The number of carboxylic acid groups (broad SMARTS) is 1. The van der Waals surface area contributed by atoms with Crippen LogP contribution in [0.3, 0.4) is 0 Å². The highest BCUT2D eigenvalue weighted by molar-refractivity contribution is 5.87. The summed E-state index contributed by atoms with van der Waals surface area (Å²) >= 11 is 0. The Morgan fingerprint density at radius 3 is 2.23 bits per heavy atom. The summed E-state index contributed by atoms with van der Waals surface area (Å²) in [6, 6.07) is 16.4. The molecule has 3 aromatic rings. The van der Waals surface area contributed by atoms with Gasteiger partial charge < -0.3 is 19.6 Å². The predicted molar refractivity (Wildman–Crippen MR) is 144 cm³/mol. The van der Waals surface area contributed by atoms with Crippen LogP contribution in [-0.2, 0) is 34.6 Å². The lowest BCUT2D eigenvalue weighted by atomic mass is 9.69. The van der Waals surface area contributed by atoms with E-state index >= 15 is 0 Å². The number of carbonyl (C=O) groups excluding carboxylic acids is 2. The number of fused-ring (bicyclic) bond motifs is 2. The number of carboxylic acids is 1. The number of tetrazole rings is 1. The van der Waals surface area contributed by atoms with Gasteiger partial charge in [0.15, 0.2) is 5.82 Å². The second-order valence-electron chi connectivity index (χ2n) is 11.5. The van der Waals surface area contributed by atoms with Crippen molar-refractivity contribution in [1.29, 1.82) is 0 Å². The maximum absolute atomic E-state index is 14.4. The van der Waals surface area contributed by atoms with E-state index in [0.717, 1.165) is 11.1 Å². The molecule has 1 saturated heterocycles. The van der Waals surface area contributed by atoms with Gasteiger partial charge in [0, 0.05) is 31.6 Å². The molecule has 0 saturated carbocycles. The third kappa shape index (κ3) is 5.54. The highest BCUT2D eigenvalue weighted by Gasteiger charge is 2.55. The van der Waals surface area contributed by atoms with Crippen molar-refractivity contribution in [3.63, 3.8) is 0 Å². The van der Waals surface area contributed by atoms with Gasteiger partial charge in [0.25, 0.3) is 0 Å². The Balaban J connectivity index is 1.41. The van der Waals surface area contributed by atoms with Crippen molar-refractivity contribution >= 4 is 18.0 Å². The number of aromatic nitrogens is 4. The van der Waals surface area contributed by atoms with Crippen LogP contribution in [0.15, 0.2) is 54.6 Å². The molecular formula is C29H34N6O5. The van der Waals surface area contributed by atoms with E-state index in [2.05, 4.69) is 15.5 Å². The highest BCUT2D eigenvalue weighted by atomic mass is 16.6. The lowest BCUT2D eigenvalue weighted by molar-refractivity contribution is -0.140. The Kier molecular flexibility index (Phi) is 7.31. The van der Waals surface area contributed by atoms with Gasteiger partial charge in [-0.2, -0.15) is 0 Å².